The van der Waals surface area contributed by atoms with Crippen molar-refractivity contribution in [2.75, 3.05) is 13.1 Å². The molecule has 0 aromatic rings. The van der Waals surface area contributed by atoms with Crippen LogP contribution in [-0.4, -0.2) is 29.6 Å². The van der Waals surface area contributed by atoms with Gasteiger partial charge in [-0.25, -0.2) is 0 Å². The maximum absolute atomic E-state index is 6.05. The molecule has 0 amide bonds. The van der Waals surface area contributed by atoms with Crippen LogP contribution in [0, 0.1) is 0 Å². The van der Waals surface area contributed by atoms with Gasteiger partial charge in [0.1, 0.15) is 0 Å². The number of rotatable bonds is 5. The van der Waals surface area contributed by atoms with Crippen molar-refractivity contribution in [1.82, 2.24) is 4.90 Å². The number of hydrogen-bond acceptors (Lipinski definition) is 2. The maximum Gasteiger partial charge on any atom is 0.0306 e. The van der Waals surface area contributed by atoms with Crippen LogP contribution in [0.3, 0.4) is 0 Å². The van der Waals surface area contributed by atoms with Crippen molar-refractivity contribution >= 4 is 0 Å². The van der Waals surface area contributed by atoms with Crippen molar-refractivity contribution in [2.24, 2.45) is 5.73 Å². The summed E-state index contributed by atoms with van der Waals surface area (Å²) in [7, 11) is 0. The van der Waals surface area contributed by atoms with Crippen LogP contribution < -0.4 is 5.73 Å². The summed E-state index contributed by atoms with van der Waals surface area (Å²) in [6.45, 7) is 9.02. The Bertz CT molecular complexity index is 193. The zero-order valence-electron chi connectivity index (χ0n) is 11.5. The molecule has 0 spiro atoms. The standard InChI is InChI=1S/C14H30N2/c1-4-10-14(3,12-15)16-11-8-6-7-9-13(16)5-2/h13H,4-12,15H2,1-3H3. The summed E-state index contributed by atoms with van der Waals surface area (Å²) < 4.78 is 0. The number of nitrogens with two attached hydrogens (primary N) is 1. The second kappa shape index (κ2) is 6.61. The molecule has 2 unspecified atom stereocenters. The van der Waals surface area contributed by atoms with Crippen molar-refractivity contribution < 1.29 is 0 Å². The van der Waals surface area contributed by atoms with Crippen molar-refractivity contribution in [1.29, 1.82) is 0 Å². The molecule has 1 rings (SSSR count). The molecule has 0 aromatic heterocycles. The molecule has 0 aromatic carbocycles. The van der Waals surface area contributed by atoms with E-state index in [9.17, 15) is 0 Å². The Morgan fingerprint density at radius 1 is 1.25 bits per heavy atom. The van der Waals surface area contributed by atoms with Crippen LogP contribution in [0.5, 0.6) is 0 Å². The summed E-state index contributed by atoms with van der Waals surface area (Å²) in [4.78, 5) is 2.73. The quantitative estimate of drug-likeness (QED) is 0.780. The fraction of sp³-hybridized carbons (Fsp3) is 1.00. The average molecular weight is 226 g/mol. The third kappa shape index (κ3) is 3.21. The first-order valence-electron chi connectivity index (χ1n) is 7.14. The average Bonchev–Trinajstić information content (AvgIpc) is 2.54. The highest BCUT2D eigenvalue weighted by Crippen LogP contribution is 2.29. The second-order valence-electron chi connectivity index (χ2n) is 5.56. The van der Waals surface area contributed by atoms with Gasteiger partial charge in [0.25, 0.3) is 0 Å². The molecule has 0 aliphatic carbocycles. The highest BCUT2D eigenvalue weighted by atomic mass is 15.2. The van der Waals surface area contributed by atoms with Crippen molar-refractivity contribution in [2.45, 2.75) is 77.3 Å². The summed E-state index contributed by atoms with van der Waals surface area (Å²) in [5.41, 5.74) is 6.29. The molecule has 2 heteroatoms. The Balaban J connectivity index is 2.77. The molecule has 0 saturated carbocycles. The summed E-state index contributed by atoms with van der Waals surface area (Å²) in [5.74, 6) is 0. The fourth-order valence-electron chi connectivity index (χ4n) is 3.21. The van der Waals surface area contributed by atoms with E-state index in [1.54, 1.807) is 0 Å². The van der Waals surface area contributed by atoms with Gasteiger partial charge in [0.05, 0.1) is 0 Å². The Morgan fingerprint density at radius 2 is 2.00 bits per heavy atom. The lowest BCUT2D eigenvalue weighted by atomic mass is 9.91. The number of likely N-dealkylation sites (tertiary alicyclic amines) is 1. The summed E-state index contributed by atoms with van der Waals surface area (Å²) in [6.07, 6.45) is 9.28. The smallest absolute Gasteiger partial charge is 0.0306 e. The van der Waals surface area contributed by atoms with Gasteiger partial charge in [-0.2, -0.15) is 0 Å². The van der Waals surface area contributed by atoms with Crippen LogP contribution in [-0.2, 0) is 0 Å². The Labute approximate surface area is 102 Å². The molecule has 1 fully saturated rings. The van der Waals surface area contributed by atoms with Gasteiger partial charge < -0.3 is 5.73 Å². The van der Waals surface area contributed by atoms with E-state index in [1.165, 1.54) is 51.5 Å². The van der Waals surface area contributed by atoms with Crippen molar-refractivity contribution in [3.05, 3.63) is 0 Å². The molecule has 96 valence electrons. The molecule has 1 saturated heterocycles. The van der Waals surface area contributed by atoms with Crippen LogP contribution in [0.15, 0.2) is 0 Å². The van der Waals surface area contributed by atoms with E-state index in [2.05, 4.69) is 25.7 Å². The van der Waals surface area contributed by atoms with Gasteiger partial charge in [-0.15, -0.1) is 0 Å². The highest BCUT2D eigenvalue weighted by Gasteiger charge is 2.34. The largest absolute Gasteiger partial charge is 0.329 e. The fourth-order valence-corrected chi connectivity index (χ4v) is 3.21. The monoisotopic (exact) mass is 226 g/mol. The third-order valence-corrected chi connectivity index (χ3v) is 4.27. The molecule has 1 heterocycles. The lowest BCUT2D eigenvalue weighted by Crippen LogP contribution is -2.55. The van der Waals surface area contributed by atoms with Gasteiger partial charge in [-0.3, -0.25) is 4.90 Å². The SMILES string of the molecule is CCCC(C)(CN)N1CCCCCC1CC. The Morgan fingerprint density at radius 3 is 2.56 bits per heavy atom. The molecular weight excluding hydrogens is 196 g/mol. The zero-order valence-corrected chi connectivity index (χ0v) is 11.5. The van der Waals surface area contributed by atoms with Crippen LogP contribution in [0.25, 0.3) is 0 Å². The zero-order chi connectivity index (χ0) is 12.0. The number of nitrogens with zero attached hydrogens (tertiary/aromatic N) is 1. The van der Waals surface area contributed by atoms with E-state index in [4.69, 9.17) is 5.73 Å². The van der Waals surface area contributed by atoms with E-state index in [-0.39, 0.29) is 5.54 Å². The molecule has 1 aliphatic rings. The first-order valence-corrected chi connectivity index (χ1v) is 7.14. The first-order chi connectivity index (χ1) is 7.68. The molecule has 2 atom stereocenters. The lowest BCUT2D eigenvalue weighted by Gasteiger charge is -2.45. The topological polar surface area (TPSA) is 29.3 Å². The van der Waals surface area contributed by atoms with E-state index in [0.29, 0.717) is 0 Å². The van der Waals surface area contributed by atoms with Crippen molar-refractivity contribution in [3.63, 3.8) is 0 Å². The molecule has 1 aliphatic heterocycles. The maximum atomic E-state index is 6.05. The van der Waals surface area contributed by atoms with Gasteiger partial charge in [-0.1, -0.05) is 33.1 Å². The molecule has 0 bridgehead atoms. The van der Waals surface area contributed by atoms with Gasteiger partial charge in [0.15, 0.2) is 0 Å². The van der Waals surface area contributed by atoms with Gasteiger partial charge in [-0.05, 0) is 39.2 Å². The van der Waals surface area contributed by atoms with E-state index >= 15 is 0 Å². The second-order valence-corrected chi connectivity index (χ2v) is 5.56. The van der Waals surface area contributed by atoms with Crippen LogP contribution in [0.1, 0.15) is 65.7 Å². The highest BCUT2D eigenvalue weighted by molar-refractivity contribution is 4.91. The van der Waals surface area contributed by atoms with Crippen molar-refractivity contribution in [3.8, 4) is 0 Å². The summed E-state index contributed by atoms with van der Waals surface area (Å²) >= 11 is 0. The van der Waals surface area contributed by atoms with Gasteiger partial charge in [0.2, 0.25) is 0 Å². The van der Waals surface area contributed by atoms with E-state index in [1.807, 2.05) is 0 Å². The molecule has 2 N–H and O–H groups in total. The molecule has 0 radical (unpaired) electrons. The normalized spacial score (nSPS) is 27.4. The minimum absolute atomic E-state index is 0.236. The predicted octanol–water partition coefficient (Wildman–Crippen LogP) is 3.16. The Kier molecular flexibility index (Phi) is 5.77. The summed E-state index contributed by atoms with van der Waals surface area (Å²) in [6, 6.07) is 0.766. The van der Waals surface area contributed by atoms with E-state index < -0.39 is 0 Å². The lowest BCUT2D eigenvalue weighted by molar-refractivity contribution is 0.0536. The Hall–Kier alpha value is -0.0800. The molecule has 2 nitrogen and oxygen atoms in total. The van der Waals surface area contributed by atoms with Crippen LogP contribution >= 0.6 is 0 Å². The minimum atomic E-state index is 0.236. The van der Waals surface area contributed by atoms with E-state index in [0.717, 1.165) is 12.6 Å². The van der Waals surface area contributed by atoms with Gasteiger partial charge in [0, 0.05) is 18.1 Å². The summed E-state index contributed by atoms with van der Waals surface area (Å²) in [5, 5.41) is 0. The third-order valence-electron chi connectivity index (χ3n) is 4.27. The predicted molar refractivity (Wildman–Crippen MR) is 71.6 cm³/mol. The molecular formula is C14H30N2. The first kappa shape index (κ1) is 14.0. The van der Waals surface area contributed by atoms with Crippen LogP contribution in [0.2, 0.25) is 0 Å². The molecule has 16 heavy (non-hydrogen) atoms. The minimum Gasteiger partial charge on any atom is -0.329 e. The number of hydrogen-bond donors (Lipinski definition) is 1. The van der Waals surface area contributed by atoms with Crippen LogP contribution in [0.4, 0.5) is 0 Å². The van der Waals surface area contributed by atoms with Gasteiger partial charge >= 0.3 is 0 Å².